The van der Waals surface area contributed by atoms with Crippen molar-refractivity contribution in [3.8, 4) is 0 Å². The van der Waals surface area contributed by atoms with Crippen molar-refractivity contribution in [2.45, 2.75) is 19.8 Å². The lowest BCUT2D eigenvalue weighted by atomic mass is 9.98. The summed E-state index contributed by atoms with van der Waals surface area (Å²) in [5, 5.41) is 1.00. The summed E-state index contributed by atoms with van der Waals surface area (Å²) in [6.45, 7) is 3.82. The highest BCUT2D eigenvalue weighted by atomic mass is 79.9. The van der Waals surface area contributed by atoms with Crippen LogP contribution in [0.15, 0.2) is 29.0 Å². The number of piperidine rings is 1. The fraction of sp³-hybridized carbons (Fsp3) is 0.438. The monoisotopic (exact) mass is 363 g/mol. The van der Waals surface area contributed by atoms with Crippen LogP contribution in [0.5, 0.6) is 0 Å². The van der Waals surface area contributed by atoms with Gasteiger partial charge in [-0.2, -0.15) is 0 Å². The lowest BCUT2D eigenvalue weighted by Crippen LogP contribution is -2.40. The number of rotatable bonds is 3. The number of esters is 1. The van der Waals surface area contributed by atoms with Crippen molar-refractivity contribution < 1.29 is 9.53 Å². The van der Waals surface area contributed by atoms with Crippen molar-refractivity contribution in [2.75, 3.05) is 24.6 Å². The van der Waals surface area contributed by atoms with Gasteiger partial charge in [-0.25, -0.2) is 9.97 Å². The van der Waals surface area contributed by atoms with Gasteiger partial charge < -0.3 is 9.64 Å². The summed E-state index contributed by atoms with van der Waals surface area (Å²) in [5.74, 6) is 0.706. The van der Waals surface area contributed by atoms with Crippen LogP contribution in [-0.4, -0.2) is 35.6 Å². The quantitative estimate of drug-likeness (QED) is 0.783. The van der Waals surface area contributed by atoms with E-state index in [4.69, 9.17) is 4.74 Å². The second-order valence-corrected chi connectivity index (χ2v) is 6.22. The Hall–Kier alpha value is -1.69. The molecule has 1 saturated heterocycles. The van der Waals surface area contributed by atoms with Gasteiger partial charge >= 0.3 is 5.97 Å². The second-order valence-electron chi connectivity index (χ2n) is 5.37. The zero-order valence-corrected chi connectivity index (χ0v) is 14.0. The Kier molecular flexibility index (Phi) is 4.57. The van der Waals surface area contributed by atoms with Gasteiger partial charge in [0.05, 0.1) is 18.0 Å². The lowest BCUT2D eigenvalue weighted by molar-refractivity contribution is -0.148. The molecule has 1 unspecified atom stereocenters. The van der Waals surface area contributed by atoms with Gasteiger partial charge in [0, 0.05) is 22.9 Å². The van der Waals surface area contributed by atoms with Gasteiger partial charge in [0.2, 0.25) is 0 Å². The number of hydrogen-bond donors (Lipinski definition) is 0. The second kappa shape index (κ2) is 6.60. The van der Waals surface area contributed by atoms with E-state index in [1.807, 2.05) is 25.1 Å². The molecule has 1 fully saturated rings. The summed E-state index contributed by atoms with van der Waals surface area (Å²) >= 11 is 3.53. The number of hydrogen-bond acceptors (Lipinski definition) is 5. The average Bonchev–Trinajstić information content (AvgIpc) is 2.55. The summed E-state index contributed by atoms with van der Waals surface area (Å²) in [7, 11) is 0. The molecule has 22 heavy (non-hydrogen) atoms. The first-order valence-electron chi connectivity index (χ1n) is 7.51. The zero-order valence-electron chi connectivity index (χ0n) is 12.5. The maximum atomic E-state index is 12.0. The molecule has 0 saturated carbocycles. The van der Waals surface area contributed by atoms with Gasteiger partial charge in [-0.15, -0.1) is 0 Å². The third-order valence-corrected chi connectivity index (χ3v) is 4.58. The molecule has 0 amide bonds. The number of carbonyl (C=O) groups is 1. The standard InChI is InChI=1S/C16H18BrN3O2/c1-2-22-16(21)11-5-4-8-20(9-11)15-12-6-3-7-13(17)14(12)18-10-19-15/h3,6-7,10-11H,2,4-5,8-9H2,1H3. The van der Waals surface area contributed by atoms with Crippen molar-refractivity contribution >= 4 is 38.6 Å². The highest BCUT2D eigenvalue weighted by Gasteiger charge is 2.28. The third-order valence-electron chi connectivity index (χ3n) is 3.94. The number of anilines is 1. The van der Waals surface area contributed by atoms with Crippen LogP contribution in [-0.2, 0) is 9.53 Å². The summed E-state index contributed by atoms with van der Waals surface area (Å²) in [6.07, 6.45) is 3.42. The van der Waals surface area contributed by atoms with Gasteiger partial charge in [0.15, 0.2) is 0 Å². The highest BCUT2D eigenvalue weighted by molar-refractivity contribution is 9.10. The molecule has 1 aromatic carbocycles. The molecule has 2 aromatic rings. The van der Waals surface area contributed by atoms with Gasteiger partial charge in [0.25, 0.3) is 0 Å². The van der Waals surface area contributed by atoms with Crippen LogP contribution in [0.3, 0.4) is 0 Å². The number of ether oxygens (including phenoxy) is 1. The summed E-state index contributed by atoms with van der Waals surface area (Å²) in [6, 6.07) is 5.96. The molecule has 1 aliphatic heterocycles. The molecule has 1 atom stereocenters. The van der Waals surface area contributed by atoms with Crippen LogP contribution >= 0.6 is 15.9 Å². The average molecular weight is 364 g/mol. The minimum absolute atomic E-state index is 0.0779. The normalized spacial score (nSPS) is 18.5. The van der Waals surface area contributed by atoms with Crippen LogP contribution in [0, 0.1) is 5.92 Å². The molecule has 116 valence electrons. The number of carbonyl (C=O) groups excluding carboxylic acids is 1. The fourth-order valence-corrected chi connectivity index (χ4v) is 3.38. The first kappa shape index (κ1) is 15.2. The van der Waals surface area contributed by atoms with Crippen LogP contribution in [0.25, 0.3) is 10.9 Å². The zero-order chi connectivity index (χ0) is 15.5. The van der Waals surface area contributed by atoms with Crippen molar-refractivity contribution in [1.82, 2.24) is 9.97 Å². The van der Waals surface area contributed by atoms with E-state index in [0.29, 0.717) is 13.2 Å². The summed E-state index contributed by atoms with van der Waals surface area (Å²) < 4.78 is 6.12. The molecule has 1 aliphatic rings. The lowest BCUT2D eigenvalue weighted by Gasteiger charge is -2.32. The number of para-hydroxylation sites is 1. The van der Waals surface area contributed by atoms with Crippen LogP contribution in [0.2, 0.25) is 0 Å². The van der Waals surface area contributed by atoms with Crippen molar-refractivity contribution in [3.05, 3.63) is 29.0 Å². The van der Waals surface area contributed by atoms with Crippen LogP contribution in [0.4, 0.5) is 5.82 Å². The van der Waals surface area contributed by atoms with Crippen molar-refractivity contribution in [2.24, 2.45) is 5.92 Å². The van der Waals surface area contributed by atoms with E-state index in [1.165, 1.54) is 0 Å². The molecule has 5 nitrogen and oxygen atoms in total. The Bertz CT molecular complexity index is 692. The van der Waals surface area contributed by atoms with E-state index < -0.39 is 0 Å². The number of halogens is 1. The van der Waals surface area contributed by atoms with Crippen molar-refractivity contribution in [3.63, 3.8) is 0 Å². The SMILES string of the molecule is CCOC(=O)C1CCCN(c2ncnc3c(Br)cccc23)C1. The molecule has 6 heteroatoms. The van der Waals surface area contributed by atoms with E-state index in [2.05, 4.69) is 30.8 Å². The van der Waals surface area contributed by atoms with E-state index in [0.717, 1.165) is 40.6 Å². The molecule has 3 rings (SSSR count). The molecular weight excluding hydrogens is 346 g/mol. The third kappa shape index (κ3) is 2.92. The van der Waals surface area contributed by atoms with Crippen molar-refractivity contribution in [1.29, 1.82) is 0 Å². The largest absolute Gasteiger partial charge is 0.466 e. The molecule has 0 aliphatic carbocycles. The Labute approximate surface area is 137 Å². The molecule has 0 bridgehead atoms. The number of aromatic nitrogens is 2. The summed E-state index contributed by atoms with van der Waals surface area (Å²) in [5.41, 5.74) is 0.894. The van der Waals surface area contributed by atoms with Gasteiger partial charge in [0.1, 0.15) is 12.1 Å². The first-order valence-corrected chi connectivity index (χ1v) is 8.30. The Morgan fingerprint density at radius 1 is 1.45 bits per heavy atom. The maximum Gasteiger partial charge on any atom is 0.310 e. The minimum Gasteiger partial charge on any atom is -0.466 e. The highest BCUT2D eigenvalue weighted by Crippen LogP contribution is 2.30. The number of benzene rings is 1. The van der Waals surface area contributed by atoms with E-state index in [9.17, 15) is 4.79 Å². The molecule has 1 aromatic heterocycles. The van der Waals surface area contributed by atoms with Crippen LogP contribution < -0.4 is 4.90 Å². The smallest absolute Gasteiger partial charge is 0.310 e. The topological polar surface area (TPSA) is 55.3 Å². The number of nitrogens with zero attached hydrogens (tertiary/aromatic N) is 3. The van der Waals surface area contributed by atoms with E-state index >= 15 is 0 Å². The predicted octanol–water partition coefficient (Wildman–Crippen LogP) is 3.17. The predicted molar refractivity (Wildman–Crippen MR) is 88.8 cm³/mol. The number of fused-ring (bicyclic) bond motifs is 1. The Balaban J connectivity index is 1.91. The fourth-order valence-electron chi connectivity index (χ4n) is 2.91. The van der Waals surface area contributed by atoms with Gasteiger partial charge in [-0.05, 0) is 47.8 Å². The molecule has 0 N–H and O–H groups in total. The van der Waals surface area contributed by atoms with Gasteiger partial charge in [-0.1, -0.05) is 6.07 Å². The van der Waals surface area contributed by atoms with E-state index in [1.54, 1.807) is 6.33 Å². The molecule has 0 spiro atoms. The Morgan fingerprint density at radius 2 is 2.32 bits per heavy atom. The maximum absolute atomic E-state index is 12.0. The Morgan fingerprint density at radius 3 is 3.14 bits per heavy atom. The van der Waals surface area contributed by atoms with Crippen LogP contribution in [0.1, 0.15) is 19.8 Å². The molecule has 0 radical (unpaired) electrons. The summed E-state index contributed by atoms with van der Waals surface area (Å²) in [4.78, 5) is 23.0. The molecular formula is C16H18BrN3O2. The first-order chi connectivity index (χ1) is 10.7. The van der Waals surface area contributed by atoms with E-state index in [-0.39, 0.29) is 11.9 Å². The minimum atomic E-state index is -0.105. The van der Waals surface area contributed by atoms with Gasteiger partial charge in [-0.3, -0.25) is 4.79 Å². The molecule has 2 heterocycles.